The van der Waals surface area contributed by atoms with Crippen LogP contribution in [-0.2, 0) is 0 Å². The molecule has 0 amide bonds. The van der Waals surface area contributed by atoms with Crippen molar-refractivity contribution in [3.05, 3.63) is 57.6 Å². The molecule has 0 fully saturated rings. The van der Waals surface area contributed by atoms with E-state index in [0.29, 0.717) is 32.7 Å². The largest absolute Gasteiger partial charge is 0.493 e. The Balaban J connectivity index is 2.51. The number of benzene rings is 2. The van der Waals surface area contributed by atoms with E-state index in [1.54, 1.807) is 36.4 Å². The Morgan fingerprint density at radius 1 is 0.950 bits per heavy atom. The fourth-order valence-electron chi connectivity index (χ4n) is 1.98. The van der Waals surface area contributed by atoms with Gasteiger partial charge in [-0.3, -0.25) is 0 Å². The zero-order valence-corrected chi connectivity index (χ0v) is 12.6. The molecule has 2 rings (SSSR count). The minimum Gasteiger partial charge on any atom is -0.493 e. The van der Waals surface area contributed by atoms with Crippen LogP contribution >= 0.6 is 23.2 Å². The maximum atomic E-state index is 10.5. The second kappa shape index (κ2) is 6.35. The monoisotopic (exact) mass is 312 g/mol. The standard InChI is InChI=1S/C15H14Cl2O3/c1-19-12-8-7-10(13(17)15(12)20-2)14(18)9-5-3-4-6-11(9)16/h3-8,14,18H,1-2H3. The highest BCUT2D eigenvalue weighted by Crippen LogP contribution is 2.41. The molecule has 1 unspecified atom stereocenters. The molecule has 5 heteroatoms. The van der Waals surface area contributed by atoms with E-state index < -0.39 is 6.10 Å². The Morgan fingerprint density at radius 3 is 2.25 bits per heavy atom. The van der Waals surface area contributed by atoms with Crippen molar-refractivity contribution in [1.82, 2.24) is 0 Å². The van der Waals surface area contributed by atoms with E-state index in [4.69, 9.17) is 32.7 Å². The zero-order valence-electron chi connectivity index (χ0n) is 11.1. The van der Waals surface area contributed by atoms with Crippen LogP contribution in [0, 0.1) is 0 Å². The number of ether oxygens (including phenoxy) is 2. The van der Waals surface area contributed by atoms with Crippen molar-refractivity contribution in [2.75, 3.05) is 14.2 Å². The number of halogens is 2. The lowest BCUT2D eigenvalue weighted by molar-refractivity contribution is 0.219. The lowest BCUT2D eigenvalue weighted by Crippen LogP contribution is -2.03. The van der Waals surface area contributed by atoms with Crippen LogP contribution in [-0.4, -0.2) is 19.3 Å². The molecule has 0 heterocycles. The molecular weight excluding hydrogens is 299 g/mol. The number of hydrogen-bond donors (Lipinski definition) is 1. The summed E-state index contributed by atoms with van der Waals surface area (Å²) in [7, 11) is 3.02. The molecule has 1 N–H and O–H groups in total. The topological polar surface area (TPSA) is 38.7 Å². The summed E-state index contributed by atoms with van der Waals surface area (Å²) in [5.74, 6) is 0.894. The molecule has 0 saturated heterocycles. The molecule has 0 aliphatic carbocycles. The van der Waals surface area contributed by atoms with Gasteiger partial charge in [-0.05, 0) is 12.1 Å². The van der Waals surface area contributed by atoms with Crippen LogP contribution < -0.4 is 9.47 Å². The lowest BCUT2D eigenvalue weighted by atomic mass is 10.0. The van der Waals surface area contributed by atoms with Crippen molar-refractivity contribution in [2.45, 2.75) is 6.10 Å². The minimum absolute atomic E-state index is 0.305. The highest BCUT2D eigenvalue weighted by molar-refractivity contribution is 6.33. The first-order valence-electron chi connectivity index (χ1n) is 5.93. The number of hydrogen-bond acceptors (Lipinski definition) is 3. The summed E-state index contributed by atoms with van der Waals surface area (Å²) in [6.07, 6.45) is -0.934. The van der Waals surface area contributed by atoms with E-state index in [1.165, 1.54) is 14.2 Å². The maximum Gasteiger partial charge on any atom is 0.179 e. The predicted molar refractivity (Wildman–Crippen MR) is 80.1 cm³/mol. The van der Waals surface area contributed by atoms with Gasteiger partial charge in [-0.1, -0.05) is 47.5 Å². The van der Waals surface area contributed by atoms with Crippen LogP contribution in [0.1, 0.15) is 17.2 Å². The van der Waals surface area contributed by atoms with Crippen molar-refractivity contribution < 1.29 is 14.6 Å². The van der Waals surface area contributed by atoms with Crippen molar-refractivity contribution >= 4 is 23.2 Å². The Kier molecular flexibility index (Phi) is 4.76. The summed E-state index contributed by atoms with van der Waals surface area (Å²) >= 11 is 12.4. The van der Waals surface area contributed by atoms with Gasteiger partial charge in [0.05, 0.1) is 19.2 Å². The molecule has 0 aliphatic heterocycles. The molecule has 0 saturated carbocycles. The van der Waals surface area contributed by atoms with E-state index in [0.717, 1.165) is 0 Å². The van der Waals surface area contributed by atoms with Gasteiger partial charge in [0.25, 0.3) is 0 Å². The summed E-state index contributed by atoms with van der Waals surface area (Å²) in [5, 5.41) is 11.3. The SMILES string of the molecule is COc1ccc(C(O)c2ccccc2Cl)c(Cl)c1OC. The van der Waals surface area contributed by atoms with Crippen molar-refractivity contribution in [1.29, 1.82) is 0 Å². The predicted octanol–water partition coefficient (Wildman–Crippen LogP) is 4.09. The minimum atomic E-state index is -0.934. The van der Waals surface area contributed by atoms with Crippen LogP contribution in [0.5, 0.6) is 11.5 Å². The van der Waals surface area contributed by atoms with Gasteiger partial charge >= 0.3 is 0 Å². The normalized spacial score (nSPS) is 12.1. The molecule has 3 nitrogen and oxygen atoms in total. The Bertz CT molecular complexity index is 614. The van der Waals surface area contributed by atoms with Gasteiger partial charge in [-0.25, -0.2) is 0 Å². The lowest BCUT2D eigenvalue weighted by Gasteiger charge is -2.17. The van der Waals surface area contributed by atoms with Gasteiger partial charge in [0.15, 0.2) is 11.5 Å². The zero-order chi connectivity index (χ0) is 14.7. The molecule has 0 radical (unpaired) electrons. The van der Waals surface area contributed by atoms with Crippen molar-refractivity contribution in [3.8, 4) is 11.5 Å². The van der Waals surface area contributed by atoms with Gasteiger partial charge in [-0.15, -0.1) is 0 Å². The molecule has 2 aromatic rings. The van der Waals surface area contributed by atoms with Gasteiger partial charge in [0.2, 0.25) is 0 Å². The van der Waals surface area contributed by atoms with E-state index >= 15 is 0 Å². The number of methoxy groups -OCH3 is 2. The third-order valence-electron chi connectivity index (χ3n) is 3.01. The second-order valence-electron chi connectivity index (χ2n) is 4.13. The molecule has 2 aromatic carbocycles. The summed E-state index contributed by atoms with van der Waals surface area (Å²) in [5.41, 5.74) is 1.10. The van der Waals surface area contributed by atoms with E-state index in [1.807, 2.05) is 0 Å². The molecule has 1 atom stereocenters. The number of rotatable bonds is 4. The average molecular weight is 313 g/mol. The van der Waals surface area contributed by atoms with Gasteiger partial charge in [0, 0.05) is 16.1 Å². The molecule has 106 valence electrons. The first-order chi connectivity index (χ1) is 9.60. The van der Waals surface area contributed by atoms with Gasteiger partial charge < -0.3 is 14.6 Å². The molecule has 0 aromatic heterocycles. The average Bonchev–Trinajstić information content (AvgIpc) is 2.46. The third kappa shape index (κ3) is 2.70. The Labute approximate surface area is 127 Å². The second-order valence-corrected chi connectivity index (χ2v) is 4.91. The molecular formula is C15H14Cl2O3. The fourth-order valence-corrected chi connectivity index (χ4v) is 2.56. The molecule has 0 bridgehead atoms. The summed E-state index contributed by atoms with van der Waals surface area (Å²) in [6.45, 7) is 0. The number of aliphatic hydroxyl groups excluding tert-OH is 1. The van der Waals surface area contributed by atoms with Crippen molar-refractivity contribution in [2.24, 2.45) is 0 Å². The Hall–Kier alpha value is -1.42. The quantitative estimate of drug-likeness (QED) is 0.924. The Morgan fingerprint density at radius 2 is 1.65 bits per heavy atom. The van der Waals surface area contributed by atoms with Gasteiger partial charge in [-0.2, -0.15) is 0 Å². The molecule has 20 heavy (non-hydrogen) atoms. The molecule has 0 aliphatic rings. The van der Waals surface area contributed by atoms with Crippen LogP contribution in [0.15, 0.2) is 36.4 Å². The van der Waals surface area contributed by atoms with Crippen molar-refractivity contribution in [3.63, 3.8) is 0 Å². The maximum absolute atomic E-state index is 10.5. The molecule has 0 spiro atoms. The van der Waals surface area contributed by atoms with Crippen LogP contribution in [0.2, 0.25) is 10.0 Å². The van der Waals surface area contributed by atoms with Gasteiger partial charge in [0.1, 0.15) is 6.10 Å². The van der Waals surface area contributed by atoms with Crippen LogP contribution in [0.4, 0.5) is 0 Å². The van der Waals surface area contributed by atoms with E-state index in [-0.39, 0.29) is 0 Å². The number of aliphatic hydroxyl groups is 1. The smallest absolute Gasteiger partial charge is 0.179 e. The third-order valence-corrected chi connectivity index (χ3v) is 3.74. The van der Waals surface area contributed by atoms with Crippen LogP contribution in [0.3, 0.4) is 0 Å². The fraction of sp³-hybridized carbons (Fsp3) is 0.200. The van der Waals surface area contributed by atoms with Crippen LogP contribution in [0.25, 0.3) is 0 Å². The highest BCUT2D eigenvalue weighted by atomic mass is 35.5. The summed E-state index contributed by atoms with van der Waals surface area (Å²) < 4.78 is 10.4. The summed E-state index contributed by atoms with van der Waals surface area (Å²) in [4.78, 5) is 0. The summed E-state index contributed by atoms with van der Waals surface area (Å²) in [6, 6.07) is 10.5. The van der Waals surface area contributed by atoms with E-state index in [9.17, 15) is 5.11 Å². The first kappa shape index (κ1) is 15.0. The van der Waals surface area contributed by atoms with E-state index in [2.05, 4.69) is 0 Å². The first-order valence-corrected chi connectivity index (χ1v) is 6.68. The highest BCUT2D eigenvalue weighted by Gasteiger charge is 2.21.